The van der Waals surface area contributed by atoms with Crippen molar-refractivity contribution in [2.75, 3.05) is 13.1 Å². The van der Waals surface area contributed by atoms with Crippen molar-refractivity contribution in [2.24, 2.45) is 0 Å². The van der Waals surface area contributed by atoms with Gasteiger partial charge in [-0.3, -0.25) is 9.59 Å². The van der Waals surface area contributed by atoms with Gasteiger partial charge in [0, 0.05) is 31.4 Å². The third kappa shape index (κ3) is 4.30. The SMILES string of the molecule is O=C(Cn1cc(S(=O)(=O)N2CCCC2)ccc1=O)NC1CCCCC1. The summed E-state index contributed by atoms with van der Waals surface area (Å²) in [5.74, 6) is -0.246. The first-order valence-electron chi connectivity index (χ1n) is 8.97. The van der Waals surface area contributed by atoms with Gasteiger partial charge in [0.1, 0.15) is 6.54 Å². The molecule has 2 fully saturated rings. The highest BCUT2D eigenvalue weighted by Gasteiger charge is 2.27. The quantitative estimate of drug-likeness (QED) is 0.843. The normalized spacial score (nSPS) is 19.8. The lowest BCUT2D eigenvalue weighted by Gasteiger charge is -2.23. The summed E-state index contributed by atoms with van der Waals surface area (Å²) >= 11 is 0. The van der Waals surface area contributed by atoms with Crippen LogP contribution >= 0.6 is 0 Å². The maximum Gasteiger partial charge on any atom is 0.251 e. The van der Waals surface area contributed by atoms with Crippen molar-refractivity contribution in [3.8, 4) is 0 Å². The summed E-state index contributed by atoms with van der Waals surface area (Å²) in [6, 6.07) is 2.70. The molecule has 1 saturated heterocycles. The monoisotopic (exact) mass is 367 g/mol. The van der Waals surface area contributed by atoms with Gasteiger partial charge in [-0.2, -0.15) is 4.31 Å². The van der Waals surface area contributed by atoms with Crippen LogP contribution in [0.25, 0.3) is 0 Å². The number of amides is 1. The number of hydrogen-bond acceptors (Lipinski definition) is 4. The molecule has 7 nitrogen and oxygen atoms in total. The highest BCUT2D eigenvalue weighted by Crippen LogP contribution is 2.20. The molecule has 1 amide bonds. The number of pyridine rings is 1. The van der Waals surface area contributed by atoms with Crippen LogP contribution in [0.1, 0.15) is 44.9 Å². The van der Waals surface area contributed by atoms with Crippen molar-refractivity contribution in [1.82, 2.24) is 14.2 Å². The van der Waals surface area contributed by atoms with Crippen LogP contribution in [-0.2, 0) is 21.4 Å². The smallest absolute Gasteiger partial charge is 0.251 e. The molecule has 1 aliphatic heterocycles. The van der Waals surface area contributed by atoms with Crippen molar-refractivity contribution in [1.29, 1.82) is 0 Å². The van der Waals surface area contributed by atoms with Crippen LogP contribution < -0.4 is 10.9 Å². The molecule has 1 aromatic rings. The molecule has 1 saturated carbocycles. The Bertz CT molecular complexity index is 775. The van der Waals surface area contributed by atoms with Gasteiger partial charge in [-0.1, -0.05) is 19.3 Å². The average Bonchev–Trinajstić information content (AvgIpc) is 3.13. The van der Waals surface area contributed by atoms with Gasteiger partial charge in [-0.25, -0.2) is 8.42 Å². The molecule has 138 valence electrons. The predicted octanol–water partition coefficient (Wildman–Crippen LogP) is 1.08. The van der Waals surface area contributed by atoms with Gasteiger partial charge in [0.05, 0.1) is 4.90 Å². The van der Waals surface area contributed by atoms with Gasteiger partial charge in [0.25, 0.3) is 5.56 Å². The Hall–Kier alpha value is -1.67. The molecule has 0 atom stereocenters. The lowest BCUT2D eigenvalue weighted by atomic mass is 9.95. The second kappa shape index (κ2) is 7.70. The Morgan fingerprint density at radius 3 is 2.44 bits per heavy atom. The van der Waals surface area contributed by atoms with E-state index in [2.05, 4.69) is 5.32 Å². The first-order chi connectivity index (χ1) is 12.0. The van der Waals surface area contributed by atoms with Crippen LogP contribution in [0.3, 0.4) is 0 Å². The lowest BCUT2D eigenvalue weighted by molar-refractivity contribution is -0.122. The molecule has 8 heteroatoms. The maximum absolute atomic E-state index is 12.6. The number of rotatable bonds is 5. The second-order valence-electron chi connectivity index (χ2n) is 6.84. The molecule has 0 aromatic carbocycles. The van der Waals surface area contributed by atoms with Gasteiger partial charge in [-0.15, -0.1) is 0 Å². The fourth-order valence-electron chi connectivity index (χ4n) is 3.54. The molecule has 1 N–H and O–H groups in total. The number of carbonyl (C=O) groups excluding carboxylic acids is 1. The van der Waals surface area contributed by atoms with Crippen LogP contribution in [0.4, 0.5) is 0 Å². The van der Waals surface area contributed by atoms with Gasteiger partial charge in [0.15, 0.2) is 0 Å². The van der Waals surface area contributed by atoms with Crippen LogP contribution in [-0.4, -0.2) is 42.3 Å². The number of carbonyl (C=O) groups is 1. The number of hydrogen-bond donors (Lipinski definition) is 1. The first-order valence-corrected chi connectivity index (χ1v) is 10.4. The Morgan fingerprint density at radius 1 is 1.08 bits per heavy atom. The van der Waals surface area contributed by atoms with E-state index < -0.39 is 10.0 Å². The van der Waals surface area contributed by atoms with Gasteiger partial charge in [0.2, 0.25) is 15.9 Å². The zero-order chi connectivity index (χ0) is 17.9. The summed E-state index contributed by atoms with van der Waals surface area (Å²) in [6.45, 7) is 0.853. The van der Waals surface area contributed by atoms with E-state index in [1.165, 1.54) is 33.6 Å². The maximum atomic E-state index is 12.6. The van der Waals surface area contributed by atoms with Gasteiger partial charge >= 0.3 is 0 Å². The van der Waals surface area contributed by atoms with E-state index in [1.807, 2.05) is 0 Å². The van der Waals surface area contributed by atoms with E-state index in [0.29, 0.717) is 13.1 Å². The molecular weight excluding hydrogens is 342 g/mol. The van der Waals surface area contributed by atoms with E-state index in [9.17, 15) is 18.0 Å². The standard InChI is InChI=1S/C17H25N3O4S/c21-16(18-14-6-2-1-3-7-14)13-19-12-15(8-9-17(19)22)25(23,24)20-10-4-5-11-20/h8-9,12,14H,1-7,10-11,13H2,(H,18,21). The predicted molar refractivity (Wildman–Crippen MR) is 93.7 cm³/mol. The molecule has 3 rings (SSSR count). The zero-order valence-corrected chi connectivity index (χ0v) is 15.1. The van der Waals surface area contributed by atoms with E-state index in [4.69, 9.17) is 0 Å². The molecule has 1 aromatic heterocycles. The number of nitrogens with one attached hydrogen (secondary N) is 1. The first kappa shape index (κ1) is 18.1. The van der Waals surface area contributed by atoms with Crippen LogP contribution in [0.5, 0.6) is 0 Å². The second-order valence-corrected chi connectivity index (χ2v) is 8.78. The van der Waals surface area contributed by atoms with Crippen LogP contribution in [0.15, 0.2) is 28.0 Å². The number of aromatic nitrogens is 1. The highest BCUT2D eigenvalue weighted by molar-refractivity contribution is 7.89. The zero-order valence-electron chi connectivity index (χ0n) is 14.3. The molecule has 1 aliphatic carbocycles. The molecule has 0 bridgehead atoms. The minimum Gasteiger partial charge on any atom is -0.352 e. The van der Waals surface area contributed by atoms with Crippen molar-refractivity contribution in [2.45, 2.75) is 62.4 Å². The summed E-state index contributed by atoms with van der Waals surface area (Å²) in [5, 5.41) is 2.95. The molecule has 0 radical (unpaired) electrons. The summed E-state index contributed by atoms with van der Waals surface area (Å²) in [6.07, 6.45) is 8.32. The summed E-state index contributed by atoms with van der Waals surface area (Å²) < 4.78 is 27.8. The van der Waals surface area contributed by atoms with E-state index in [1.54, 1.807) is 0 Å². The van der Waals surface area contributed by atoms with Crippen LogP contribution in [0, 0.1) is 0 Å². The minimum atomic E-state index is -3.60. The van der Waals surface area contributed by atoms with Gasteiger partial charge < -0.3 is 9.88 Å². The fraction of sp³-hybridized carbons (Fsp3) is 0.647. The summed E-state index contributed by atoms with van der Waals surface area (Å²) in [5.41, 5.74) is -0.376. The summed E-state index contributed by atoms with van der Waals surface area (Å²) in [4.78, 5) is 24.3. The van der Waals surface area contributed by atoms with Crippen molar-refractivity contribution in [3.05, 3.63) is 28.7 Å². The van der Waals surface area contributed by atoms with Crippen molar-refractivity contribution in [3.63, 3.8) is 0 Å². The topological polar surface area (TPSA) is 88.5 Å². The molecule has 25 heavy (non-hydrogen) atoms. The van der Waals surface area contributed by atoms with Gasteiger partial charge in [-0.05, 0) is 31.7 Å². The molecule has 2 aliphatic rings. The Balaban J connectivity index is 1.73. The van der Waals surface area contributed by atoms with E-state index >= 15 is 0 Å². The van der Waals surface area contributed by atoms with Crippen LogP contribution in [0.2, 0.25) is 0 Å². The molecule has 2 heterocycles. The van der Waals surface area contributed by atoms with E-state index in [-0.39, 0.29) is 28.9 Å². The average molecular weight is 367 g/mol. The van der Waals surface area contributed by atoms with E-state index in [0.717, 1.165) is 38.5 Å². The number of nitrogens with zero attached hydrogens (tertiary/aromatic N) is 2. The fourth-order valence-corrected chi connectivity index (χ4v) is 5.08. The number of sulfonamides is 1. The Labute approximate surface area is 148 Å². The molecular formula is C17H25N3O4S. The highest BCUT2D eigenvalue weighted by atomic mass is 32.2. The third-order valence-corrected chi connectivity index (χ3v) is 6.83. The summed E-state index contributed by atoms with van der Waals surface area (Å²) in [7, 11) is -3.60. The Kier molecular flexibility index (Phi) is 5.58. The Morgan fingerprint density at radius 2 is 1.76 bits per heavy atom. The van der Waals surface area contributed by atoms with Crippen molar-refractivity contribution >= 4 is 15.9 Å². The molecule has 0 spiro atoms. The molecule has 0 unspecified atom stereocenters. The minimum absolute atomic E-state index is 0.0690. The third-order valence-electron chi connectivity index (χ3n) is 4.94. The van der Waals surface area contributed by atoms with Crippen molar-refractivity contribution < 1.29 is 13.2 Å². The lowest BCUT2D eigenvalue weighted by Crippen LogP contribution is -2.40. The largest absolute Gasteiger partial charge is 0.352 e.